The molecule has 3 rings (SSSR count). The summed E-state index contributed by atoms with van der Waals surface area (Å²) >= 11 is 0. The SMILES string of the molecule is COc1ccc(S(=O)(=O)C2CCN(C(=O)CCNS(=O)(=O)c3cccc(C)c3)CC2)cc1. The van der Waals surface area contributed by atoms with Crippen LogP contribution in [0.5, 0.6) is 5.75 Å². The van der Waals surface area contributed by atoms with Crippen molar-refractivity contribution in [1.82, 2.24) is 9.62 Å². The predicted octanol–water partition coefficient (Wildman–Crippen LogP) is 2.14. The number of rotatable bonds is 8. The Kier molecular flexibility index (Phi) is 7.58. The fourth-order valence-corrected chi connectivity index (χ4v) is 6.56. The zero-order valence-electron chi connectivity index (χ0n) is 18.2. The van der Waals surface area contributed by atoms with Gasteiger partial charge in [0.25, 0.3) is 0 Å². The number of carbonyl (C=O) groups is 1. The second-order valence-electron chi connectivity index (χ2n) is 7.76. The topological polar surface area (TPSA) is 110 Å². The molecule has 1 saturated heterocycles. The summed E-state index contributed by atoms with van der Waals surface area (Å²) in [6, 6.07) is 12.8. The summed E-state index contributed by atoms with van der Waals surface area (Å²) in [6.07, 6.45) is 0.700. The predicted molar refractivity (Wildman–Crippen MR) is 121 cm³/mol. The summed E-state index contributed by atoms with van der Waals surface area (Å²) in [7, 11) is -5.66. The van der Waals surface area contributed by atoms with Crippen molar-refractivity contribution in [2.75, 3.05) is 26.7 Å². The van der Waals surface area contributed by atoms with E-state index in [0.29, 0.717) is 31.7 Å². The molecule has 0 radical (unpaired) electrons. The molecule has 0 aliphatic carbocycles. The van der Waals surface area contributed by atoms with E-state index in [9.17, 15) is 21.6 Å². The van der Waals surface area contributed by atoms with E-state index < -0.39 is 25.1 Å². The van der Waals surface area contributed by atoms with E-state index in [1.807, 2.05) is 0 Å². The number of amides is 1. The Bertz CT molecular complexity index is 1150. The third-order valence-corrected chi connectivity index (χ3v) is 9.29. The Morgan fingerprint density at radius 1 is 1.03 bits per heavy atom. The van der Waals surface area contributed by atoms with Gasteiger partial charge in [-0.25, -0.2) is 21.6 Å². The molecule has 2 aromatic rings. The molecule has 0 unspecified atom stereocenters. The number of methoxy groups -OCH3 is 1. The number of aryl methyl sites for hydroxylation is 1. The monoisotopic (exact) mass is 480 g/mol. The lowest BCUT2D eigenvalue weighted by atomic mass is 10.1. The first kappa shape index (κ1) is 24.2. The maximum Gasteiger partial charge on any atom is 0.240 e. The van der Waals surface area contributed by atoms with E-state index in [2.05, 4.69) is 4.72 Å². The van der Waals surface area contributed by atoms with Gasteiger partial charge < -0.3 is 9.64 Å². The molecule has 0 aromatic heterocycles. The Morgan fingerprint density at radius 2 is 1.69 bits per heavy atom. The van der Waals surface area contributed by atoms with Crippen molar-refractivity contribution in [3.8, 4) is 5.75 Å². The summed E-state index contributed by atoms with van der Waals surface area (Å²) in [4.78, 5) is 14.5. The summed E-state index contributed by atoms with van der Waals surface area (Å²) in [6.45, 7) is 2.44. The van der Waals surface area contributed by atoms with Crippen LogP contribution in [0.15, 0.2) is 58.3 Å². The Morgan fingerprint density at radius 3 is 2.28 bits per heavy atom. The molecule has 0 atom stereocenters. The van der Waals surface area contributed by atoms with E-state index in [1.54, 1.807) is 42.2 Å². The highest BCUT2D eigenvalue weighted by Gasteiger charge is 2.32. The van der Waals surface area contributed by atoms with Gasteiger partial charge in [0.15, 0.2) is 9.84 Å². The number of carbonyl (C=O) groups excluding carboxylic acids is 1. The van der Waals surface area contributed by atoms with E-state index >= 15 is 0 Å². The summed E-state index contributed by atoms with van der Waals surface area (Å²) < 4.78 is 58.0. The number of likely N-dealkylation sites (tertiary alicyclic amines) is 1. The molecule has 32 heavy (non-hydrogen) atoms. The fraction of sp³-hybridized carbons (Fsp3) is 0.409. The van der Waals surface area contributed by atoms with Gasteiger partial charge in [-0.2, -0.15) is 0 Å². The molecule has 0 bridgehead atoms. The van der Waals surface area contributed by atoms with Gasteiger partial charge in [0, 0.05) is 26.1 Å². The zero-order chi connectivity index (χ0) is 23.4. The first-order valence-electron chi connectivity index (χ1n) is 10.4. The van der Waals surface area contributed by atoms with Crippen molar-refractivity contribution in [2.45, 2.75) is 41.2 Å². The first-order chi connectivity index (χ1) is 15.1. The molecule has 1 N–H and O–H groups in total. The van der Waals surface area contributed by atoms with Crippen LogP contribution in [0, 0.1) is 6.92 Å². The number of sulfone groups is 1. The lowest BCUT2D eigenvalue weighted by molar-refractivity contribution is -0.131. The highest BCUT2D eigenvalue weighted by Crippen LogP contribution is 2.26. The molecule has 1 fully saturated rings. The summed E-state index contributed by atoms with van der Waals surface area (Å²) in [5, 5.41) is -0.556. The summed E-state index contributed by atoms with van der Waals surface area (Å²) in [5.74, 6) is 0.389. The number of piperidine rings is 1. The molecule has 1 aliphatic rings. The van der Waals surface area contributed by atoms with Gasteiger partial charge in [-0.3, -0.25) is 4.79 Å². The van der Waals surface area contributed by atoms with Gasteiger partial charge in [-0.05, 0) is 61.7 Å². The molecule has 8 nitrogen and oxygen atoms in total. The van der Waals surface area contributed by atoms with E-state index in [0.717, 1.165) is 5.56 Å². The minimum Gasteiger partial charge on any atom is -0.497 e. The van der Waals surface area contributed by atoms with Crippen LogP contribution >= 0.6 is 0 Å². The molecular formula is C22H28N2O6S2. The van der Waals surface area contributed by atoms with E-state index in [4.69, 9.17) is 4.74 Å². The average molecular weight is 481 g/mol. The first-order valence-corrected chi connectivity index (χ1v) is 13.4. The Hall–Kier alpha value is -2.43. The van der Waals surface area contributed by atoms with Gasteiger partial charge in [-0.15, -0.1) is 0 Å². The van der Waals surface area contributed by atoms with Crippen LogP contribution in [-0.2, 0) is 24.7 Å². The van der Waals surface area contributed by atoms with E-state index in [1.165, 1.54) is 25.3 Å². The van der Waals surface area contributed by atoms with Crippen LogP contribution in [0.4, 0.5) is 0 Å². The van der Waals surface area contributed by atoms with Crippen molar-refractivity contribution in [2.24, 2.45) is 0 Å². The van der Waals surface area contributed by atoms with Crippen LogP contribution in [0.3, 0.4) is 0 Å². The number of ether oxygens (including phenoxy) is 1. The quantitative estimate of drug-likeness (QED) is 0.620. The maximum absolute atomic E-state index is 12.9. The van der Waals surface area contributed by atoms with Crippen LogP contribution < -0.4 is 9.46 Å². The van der Waals surface area contributed by atoms with Crippen molar-refractivity contribution in [3.05, 3.63) is 54.1 Å². The Balaban J connectivity index is 1.51. The van der Waals surface area contributed by atoms with Crippen molar-refractivity contribution >= 4 is 25.8 Å². The van der Waals surface area contributed by atoms with Crippen molar-refractivity contribution in [3.63, 3.8) is 0 Å². The van der Waals surface area contributed by atoms with Gasteiger partial charge in [0.05, 0.1) is 22.2 Å². The second kappa shape index (κ2) is 10.0. The molecule has 2 aromatic carbocycles. The normalized spacial score (nSPS) is 15.5. The van der Waals surface area contributed by atoms with Crippen LogP contribution in [0.1, 0.15) is 24.8 Å². The average Bonchev–Trinajstić information content (AvgIpc) is 2.79. The molecule has 174 valence electrons. The molecule has 10 heteroatoms. The molecule has 0 spiro atoms. The third-order valence-electron chi connectivity index (χ3n) is 5.55. The second-order valence-corrected chi connectivity index (χ2v) is 11.8. The van der Waals surface area contributed by atoms with Crippen LogP contribution in [-0.4, -0.2) is 59.6 Å². The molecule has 1 aliphatic heterocycles. The molecule has 1 amide bonds. The van der Waals surface area contributed by atoms with E-state index in [-0.39, 0.29) is 28.7 Å². The molecule has 0 saturated carbocycles. The number of nitrogens with one attached hydrogen (secondary N) is 1. The maximum atomic E-state index is 12.9. The lowest BCUT2D eigenvalue weighted by Gasteiger charge is -2.32. The van der Waals surface area contributed by atoms with Gasteiger partial charge >= 0.3 is 0 Å². The number of sulfonamides is 1. The largest absolute Gasteiger partial charge is 0.497 e. The smallest absolute Gasteiger partial charge is 0.240 e. The minimum absolute atomic E-state index is 0.0147. The van der Waals surface area contributed by atoms with Gasteiger partial charge in [0.1, 0.15) is 5.75 Å². The Labute approximate surface area is 189 Å². The molecule has 1 heterocycles. The number of nitrogens with zero attached hydrogens (tertiary/aromatic N) is 1. The highest BCUT2D eigenvalue weighted by atomic mass is 32.2. The van der Waals surface area contributed by atoms with Gasteiger partial charge in [-0.1, -0.05) is 12.1 Å². The van der Waals surface area contributed by atoms with Crippen molar-refractivity contribution in [1.29, 1.82) is 0 Å². The third kappa shape index (κ3) is 5.67. The van der Waals surface area contributed by atoms with Gasteiger partial charge in [0.2, 0.25) is 15.9 Å². The number of benzene rings is 2. The van der Waals surface area contributed by atoms with Crippen LogP contribution in [0.2, 0.25) is 0 Å². The summed E-state index contributed by atoms with van der Waals surface area (Å²) in [5.41, 5.74) is 0.830. The van der Waals surface area contributed by atoms with Crippen molar-refractivity contribution < 1.29 is 26.4 Å². The lowest BCUT2D eigenvalue weighted by Crippen LogP contribution is -2.43. The highest BCUT2D eigenvalue weighted by molar-refractivity contribution is 7.92. The molecular weight excluding hydrogens is 452 g/mol. The number of hydrogen-bond acceptors (Lipinski definition) is 6. The minimum atomic E-state index is -3.68. The zero-order valence-corrected chi connectivity index (χ0v) is 19.8. The fourth-order valence-electron chi connectivity index (χ4n) is 3.69. The standard InChI is InChI=1S/C22H28N2O6S2/c1-17-4-3-5-21(16-17)32(28,29)23-13-10-22(25)24-14-11-20(12-15-24)31(26,27)19-8-6-18(30-2)7-9-19/h3-9,16,20,23H,10-15H2,1-2H3. The van der Waals surface area contributed by atoms with Crippen LogP contribution in [0.25, 0.3) is 0 Å². The number of hydrogen-bond donors (Lipinski definition) is 1.